The summed E-state index contributed by atoms with van der Waals surface area (Å²) in [7, 11) is 1.51. The Kier molecular flexibility index (Phi) is 4.47. The van der Waals surface area contributed by atoms with Crippen molar-refractivity contribution in [2.24, 2.45) is 5.73 Å². The Morgan fingerprint density at radius 3 is 2.67 bits per heavy atom. The Labute approximate surface area is 138 Å². The number of ether oxygens (including phenoxy) is 2. The van der Waals surface area contributed by atoms with Crippen LogP contribution in [-0.4, -0.2) is 18.2 Å². The molecule has 6 nitrogen and oxygen atoms in total. The highest BCUT2D eigenvalue weighted by molar-refractivity contribution is 5.96. The van der Waals surface area contributed by atoms with E-state index in [1.165, 1.54) is 13.2 Å². The van der Waals surface area contributed by atoms with Crippen molar-refractivity contribution >= 4 is 5.91 Å². The van der Waals surface area contributed by atoms with Gasteiger partial charge in [-0.2, -0.15) is 0 Å². The SMILES string of the molecule is COc1ccc(OCc2cc(-c3ccccc3)no2)c(C(N)=O)c1. The molecule has 0 unspecified atom stereocenters. The highest BCUT2D eigenvalue weighted by Gasteiger charge is 2.13. The molecule has 0 spiro atoms. The number of primary amides is 1. The Bertz CT molecular complexity index is 843. The first-order chi connectivity index (χ1) is 11.7. The van der Waals surface area contributed by atoms with Crippen molar-refractivity contribution in [3.63, 3.8) is 0 Å². The summed E-state index contributed by atoms with van der Waals surface area (Å²) in [5.74, 6) is 0.842. The van der Waals surface area contributed by atoms with E-state index in [0.717, 1.165) is 11.3 Å². The molecule has 0 radical (unpaired) electrons. The van der Waals surface area contributed by atoms with E-state index in [1.807, 2.05) is 30.3 Å². The molecule has 6 heteroatoms. The number of nitrogens with two attached hydrogens (primary N) is 1. The fourth-order valence-electron chi connectivity index (χ4n) is 2.23. The van der Waals surface area contributed by atoms with Crippen LogP contribution in [0.5, 0.6) is 11.5 Å². The summed E-state index contributed by atoms with van der Waals surface area (Å²) < 4.78 is 16.0. The second-order valence-electron chi connectivity index (χ2n) is 5.06. The molecular weight excluding hydrogens is 308 g/mol. The van der Waals surface area contributed by atoms with E-state index in [1.54, 1.807) is 18.2 Å². The number of rotatable bonds is 6. The molecule has 0 atom stereocenters. The van der Waals surface area contributed by atoms with Crippen molar-refractivity contribution in [3.8, 4) is 22.8 Å². The van der Waals surface area contributed by atoms with E-state index in [4.69, 9.17) is 19.7 Å². The number of carbonyl (C=O) groups is 1. The molecule has 0 saturated carbocycles. The number of hydrogen-bond donors (Lipinski definition) is 1. The molecule has 0 fully saturated rings. The van der Waals surface area contributed by atoms with Gasteiger partial charge < -0.3 is 19.7 Å². The van der Waals surface area contributed by atoms with E-state index in [0.29, 0.717) is 17.3 Å². The Morgan fingerprint density at radius 1 is 1.17 bits per heavy atom. The van der Waals surface area contributed by atoms with Crippen LogP contribution in [0.3, 0.4) is 0 Å². The van der Waals surface area contributed by atoms with Crippen molar-refractivity contribution in [2.45, 2.75) is 6.61 Å². The molecule has 0 saturated heterocycles. The second kappa shape index (κ2) is 6.87. The van der Waals surface area contributed by atoms with Gasteiger partial charge in [0.1, 0.15) is 23.8 Å². The van der Waals surface area contributed by atoms with Crippen LogP contribution in [0.15, 0.2) is 59.1 Å². The summed E-state index contributed by atoms with van der Waals surface area (Å²) in [6.07, 6.45) is 0. The predicted octanol–water partition coefficient (Wildman–Crippen LogP) is 3.03. The minimum atomic E-state index is -0.591. The molecule has 2 aromatic carbocycles. The fraction of sp³-hybridized carbons (Fsp3) is 0.111. The molecule has 1 amide bonds. The molecule has 0 aliphatic carbocycles. The Morgan fingerprint density at radius 2 is 1.96 bits per heavy atom. The maximum Gasteiger partial charge on any atom is 0.252 e. The topological polar surface area (TPSA) is 87.6 Å². The van der Waals surface area contributed by atoms with Gasteiger partial charge in [-0.05, 0) is 18.2 Å². The van der Waals surface area contributed by atoms with Gasteiger partial charge in [-0.25, -0.2) is 0 Å². The lowest BCUT2D eigenvalue weighted by Crippen LogP contribution is -2.13. The summed E-state index contributed by atoms with van der Waals surface area (Å²) in [6.45, 7) is 0.131. The average Bonchev–Trinajstić information content (AvgIpc) is 3.09. The van der Waals surface area contributed by atoms with Crippen LogP contribution < -0.4 is 15.2 Å². The first-order valence-electron chi connectivity index (χ1n) is 7.29. The number of carbonyl (C=O) groups excluding carboxylic acids is 1. The molecule has 0 aliphatic heterocycles. The van der Waals surface area contributed by atoms with Crippen molar-refractivity contribution in [1.29, 1.82) is 0 Å². The number of hydrogen-bond acceptors (Lipinski definition) is 5. The molecular formula is C18H16N2O4. The number of benzene rings is 2. The molecule has 122 valence electrons. The average molecular weight is 324 g/mol. The van der Waals surface area contributed by atoms with Crippen molar-refractivity contribution in [2.75, 3.05) is 7.11 Å². The molecule has 1 heterocycles. The normalized spacial score (nSPS) is 10.4. The molecule has 24 heavy (non-hydrogen) atoms. The van der Waals surface area contributed by atoms with Crippen molar-refractivity contribution < 1.29 is 18.8 Å². The Hall–Kier alpha value is -3.28. The van der Waals surface area contributed by atoms with E-state index in [2.05, 4.69) is 5.16 Å². The predicted molar refractivity (Wildman–Crippen MR) is 87.8 cm³/mol. The van der Waals surface area contributed by atoms with Crippen LogP contribution in [-0.2, 0) is 6.61 Å². The van der Waals surface area contributed by atoms with Crippen molar-refractivity contribution in [1.82, 2.24) is 5.16 Å². The minimum absolute atomic E-state index is 0.131. The molecule has 3 rings (SSSR count). The number of nitrogens with zero attached hydrogens (tertiary/aromatic N) is 1. The van der Waals surface area contributed by atoms with Gasteiger partial charge in [0, 0.05) is 11.6 Å². The van der Waals surface area contributed by atoms with Gasteiger partial charge in [-0.3, -0.25) is 4.79 Å². The van der Waals surface area contributed by atoms with Crippen molar-refractivity contribution in [3.05, 3.63) is 65.9 Å². The third kappa shape index (κ3) is 3.38. The lowest BCUT2D eigenvalue weighted by atomic mass is 10.1. The summed E-state index contributed by atoms with van der Waals surface area (Å²) in [5.41, 5.74) is 7.30. The highest BCUT2D eigenvalue weighted by Crippen LogP contribution is 2.25. The molecule has 3 aromatic rings. The number of aromatic nitrogens is 1. The quantitative estimate of drug-likeness (QED) is 0.753. The lowest BCUT2D eigenvalue weighted by Gasteiger charge is -2.09. The third-order valence-corrected chi connectivity index (χ3v) is 3.45. The Balaban J connectivity index is 1.75. The molecule has 1 aromatic heterocycles. The zero-order valence-corrected chi connectivity index (χ0v) is 13.1. The third-order valence-electron chi connectivity index (χ3n) is 3.45. The second-order valence-corrected chi connectivity index (χ2v) is 5.06. The fourth-order valence-corrected chi connectivity index (χ4v) is 2.23. The van der Waals surface area contributed by atoms with Gasteiger partial charge in [0.2, 0.25) is 0 Å². The summed E-state index contributed by atoms with van der Waals surface area (Å²) in [6, 6.07) is 16.3. The largest absolute Gasteiger partial charge is 0.497 e. The minimum Gasteiger partial charge on any atom is -0.497 e. The number of methoxy groups -OCH3 is 1. The van der Waals surface area contributed by atoms with Gasteiger partial charge in [0.25, 0.3) is 5.91 Å². The standard InChI is InChI=1S/C18H16N2O4/c1-22-13-7-8-17(15(9-13)18(19)21)23-11-14-10-16(20-24-14)12-5-3-2-4-6-12/h2-10H,11H2,1H3,(H2,19,21). The van der Waals surface area contributed by atoms with Crippen LogP contribution in [0.1, 0.15) is 16.1 Å². The number of amides is 1. The molecule has 2 N–H and O–H groups in total. The maximum absolute atomic E-state index is 11.5. The first kappa shape index (κ1) is 15.6. The van der Waals surface area contributed by atoms with Crippen LogP contribution in [0.2, 0.25) is 0 Å². The smallest absolute Gasteiger partial charge is 0.252 e. The first-order valence-corrected chi connectivity index (χ1v) is 7.29. The van der Waals surface area contributed by atoms with E-state index < -0.39 is 5.91 Å². The van der Waals surface area contributed by atoms with Crippen LogP contribution in [0, 0.1) is 0 Å². The van der Waals surface area contributed by atoms with Crippen LogP contribution in [0.25, 0.3) is 11.3 Å². The molecule has 0 bridgehead atoms. The maximum atomic E-state index is 11.5. The van der Waals surface area contributed by atoms with Crippen LogP contribution >= 0.6 is 0 Å². The van der Waals surface area contributed by atoms with Gasteiger partial charge in [0.15, 0.2) is 5.76 Å². The van der Waals surface area contributed by atoms with E-state index >= 15 is 0 Å². The summed E-state index contributed by atoms with van der Waals surface area (Å²) in [4.78, 5) is 11.5. The lowest BCUT2D eigenvalue weighted by molar-refractivity contribution is 0.0994. The monoisotopic (exact) mass is 324 g/mol. The van der Waals surface area contributed by atoms with Gasteiger partial charge in [-0.1, -0.05) is 35.5 Å². The van der Waals surface area contributed by atoms with E-state index in [-0.39, 0.29) is 12.2 Å². The van der Waals surface area contributed by atoms with Gasteiger partial charge in [0.05, 0.1) is 12.7 Å². The zero-order valence-electron chi connectivity index (χ0n) is 13.1. The van der Waals surface area contributed by atoms with E-state index in [9.17, 15) is 4.79 Å². The van der Waals surface area contributed by atoms with Gasteiger partial charge >= 0.3 is 0 Å². The molecule has 0 aliphatic rings. The zero-order chi connectivity index (χ0) is 16.9. The van der Waals surface area contributed by atoms with Crippen LogP contribution in [0.4, 0.5) is 0 Å². The highest BCUT2D eigenvalue weighted by atomic mass is 16.5. The van der Waals surface area contributed by atoms with Gasteiger partial charge in [-0.15, -0.1) is 0 Å². The summed E-state index contributed by atoms with van der Waals surface area (Å²) in [5, 5.41) is 4.02. The summed E-state index contributed by atoms with van der Waals surface area (Å²) >= 11 is 0.